The lowest BCUT2D eigenvalue weighted by atomic mass is 10.2. The van der Waals surface area contributed by atoms with Gasteiger partial charge in [-0.3, -0.25) is 9.69 Å². The number of hydrogen-bond acceptors (Lipinski definition) is 4. The number of rotatable bonds is 6. The van der Waals surface area contributed by atoms with Crippen LogP contribution in [-0.4, -0.2) is 41.7 Å². The fourth-order valence-corrected chi connectivity index (χ4v) is 1.89. The van der Waals surface area contributed by atoms with Crippen LogP contribution in [0.4, 0.5) is 11.4 Å². The molecule has 0 spiro atoms. The lowest BCUT2D eigenvalue weighted by molar-refractivity contribution is -0.120. The molecule has 2 unspecified atom stereocenters. The molecule has 6 heteroatoms. The third-order valence-electron chi connectivity index (χ3n) is 3.19. The van der Waals surface area contributed by atoms with Crippen molar-refractivity contribution in [1.82, 2.24) is 4.90 Å². The number of nitrogens with two attached hydrogens (primary N) is 1. The van der Waals surface area contributed by atoms with Crippen LogP contribution in [0.25, 0.3) is 0 Å². The molecule has 0 aliphatic carbocycles. The smallest absolute Gasteiger partial charge is 0.241 e. The number of likely N-dealkylation sites (N-methyl/N-ethyl adjacent to an activating group) is 1. The third kappa shape index (κ3) is 5.00. The van der Waals surface area contributed by atoms with Gasteiger partial charge in [-0.25, -0.2) is 0 Å². The average Bonchev–Trinajstić information content (AvgIpc) is 2.38. The Labute approximate surface area is 124 Å². The van der Waals surface area contributed by atoms with Crippen LogP contribution in [0.1, 0.15) is 20.3 Å². The maximum Gasteiger partial charge on any atom is 0.241 e. The second-order valence-corrected chi connectivity index (χ2v) is 5.43. The van der Waals surface area contributed by atoms with Crippen LogP contribution >= 0.6 is 11.6 Å². The summed E-state index contributed by atoms with van der Waals surface area (Å²) in [6.07, 6.45) is 0.246. The predicted octanol–water partition coefficient (Wildman–Crippen LogP) is 1.95. The second-order valence-electron chi connectivity index (χ2n) is 5.02. The topological polar surface area (TPSA) is 78.6 Å². The third-order valence-corrected chi connectivity index (χ3v) is 3.50. The van der Waals surface area contributed by atoms with Crippen LogP contribution in [0.3, 0.4) is 0 Å². The molecule has 20 heavy (non-hydrogen) atoms. The van der Waals surface area contributed by atoms with E-state index in [0.29, 0.717) is 29.4 Å². The average molecular weight is 300 g/mol. The zero-order valence-electron chi connectivity index (χ0n) is 12.1. The number of halogens is 1. The Morgan fingerprint density at radius 2 is 2.15 bits per heavy atom. The highest BCUT2D eigenvalue weighted by atomic mass is 35.5. The zero-order valence-corrected chi connectivity index (χ0v) is 12.8. The first-order valence-electron chi connectivity index (χ1n) is 6.55. The zero-order chi connectivity index (χ0) is 15.3. The fraction of sp³-hybridized carbons (Fsp3) is 0.500. The molecule has 4 N–H and O–H groups in total. The molecule has 0 aliphatic rings. The lowest BCUT2D eigenvalue weighted by Gasteiger charge is -2.24. The van der Waals surface area contributed by atoms with Crippen molar-refractivity contribution in [2.24, 2.45) is 0 Å². The van der Waals surface area contributed by atoms with Crippen LogP contribution in [0.15, 0.2) is 18.2 Å². The molecule has 0 bridgehead atoms. The largest absolute Gasteiger partial charge is 0.399 e. The maximum atomic E-state index is 12.1. The van der Waals surface area contributed by atoms with Crippen molar-refractivity contribution >= 4 is 28.9 Å². The summed E-state index contributed by atoms with van der Waals surface area (Å²) in [7, 11) is 1.84. The molecule has 0 radical (unpaired) electrons. The van der Waals surface area contributed by atoms with Gasteiger partial charge >= 0.3 is 0 Å². The van der Waals surface area contributed by atoms with Crippen molar-refractivity contribution in [3.63, 3.8) is 0 Å². The molecule has 0 saturated carbocycles. The van der Waals surface area contributed by atoms with Gasteiger partial charge in [0.2, 0.25) is 5.91 Å². The summed E-state index contributed by atoms with van der Waals surface area (Å²) < 4.78 is 0. The second kappa shape index (κ2) is 7.47. The number of aliphatic hydroxyl groups is 1. The van der Waals surface area contributed by atoms with Crippen molar-refractivity contribution in [1.29, 1.82) is 0 Å². The molecule has 112 valence electrons. The van der Waals surface area contributed by atoms with Crippen LogP contribution in [0.2, 0.25) is 5.02 Å². The summed E-state index contributed by atoms with van der Waals surface area (Å²) >= 11 is 6.02. The Morgan fingerprint density at radius 3 is 2.70 bits per heavy atom. The summed E-state index contributed by atoms with van der Waals surface area (Å²) in [5.41, 5.74) is 6.70. The number of anilines is 2. The molecular weight excluding hydrogens is 278 g/mol. The first kappa shape index (κ1) is 16.8. The number of carbonyl (C=O) groups is 1. The molecule has 1 aromatic rings. The Hall–Kier alpha value is -1.30. The first-order chi connectivity index (χ1) is 9.31. The lowest BCUT2D eigenvalue weighted by Crippen LogP contribution is -2.40. The minimum Gasteiger partial charge on any atom is -0.399 e. The molecule has 1 rings (SSSR count). The summed E-state index contributed by atoms with van der Waals surface area (Å²) in [6.45, 7) is 4.18. The van der Waals surface area contributed by atoms with E-state index in [1.54, 1.807) is 25.1 Å². The number of benzene rings is 1. The van der Waals surface area contributed by atoms with Gasteiger partial charge in [-0.2, -0.15) is 0 Å². The minimum absolute atomic E-state index is 0.148. The highest BCUT2D eigenvalue weighted by molar-refractivity contribution is 6.34. The highest BCUT2D eigenvalue weighted by Crippen LogP contribution is 2.24. The van der Waals surface area contributed by atoms with Gasteiger partial charge in [0.15, 0.2) is 0 Å². The monoisotopic (exact) mass is 299 g/mol. The van der Waals surface area contributed by atoms with Crippen molar-refractivity contribution in [3.05, 3.63) is 23.2 Å². The minimum atomic E-state index is -0.376. The molecule has 0 heterocycles. The number of aliphatic hydroxyl groups excluding tert-OH is 1. The van der Waals surface area contributed by atoms with Gasteiger partial charge in [0.1, 0.15) is 0 Å². The van der Waals surface area contributed by atoms with E-state index >= 15 is 0 Å². The maximum absolute atomic E-state index is 12.1. The predicted molar refractivity (Wildman–Crippen MR) is 82.9 cm³/mol. The molecule has 0 saturated heterocycles. The van der Waals surface area contributed by atoms with Crippen LogP contribution in [-0.2, 0) is 4.79 Å². The summed E-state index contributed by atoms with van der Waals surface area (Å²) in [6, 6.07) is 4.64. The van der Waals surface area contributed by atoms with Crippen LogP contribution in [0, 0.1) is 0 Å². The van der Waals surface area contributed by atoms with E-state index in [1.165, 1.54) is 0 Å². The molecule has 1 amide bonds. The first-order valence-corrected chi connectivity index (χ1v) is 6.93. The van der Waals surface area contributed by atoms with Gasteiger partial charge in [0.05, 0.1) is 22.9 Å². The van der Waals surface area contributed by atoms with E-state index in [1.807, 2.05) is 18.9 Å². The molecular formula is C14H22ClN3O2. The van der Waals surface area contributed by atoms with Gasteiger partial charge in [-0.15, -0.1) is 0 Å². The summed E-state index contributed by atoms with van der Waals surface area (Å²) in [5.74, 6) is -0.148. The molecule has 5 nitrogen and oxygen atoms in total. The Bertz CT molecular complexity index is 466. The number of amides is 1. The molecule has 0 aromatic heterocycles. The van der Waals surface area contributed by atoms with Gasteiger partial charge < -0.3 is 16.2 Å². The molecule has 0 fully saturated rings. The Morgan fingerprint density at radius 1 is 1.50 bits per heavy atom. The van der Waals surface area contributed by atoms with Gasteiger partial charge in [0, 0.05) is 12.2 Å². The number of nitrogens with zero attached hydrogens (tertiary/aromatic N) is 1. The van der Waals surface area contributed by atoms with Gasteiger partial charge in [0.25, 0.3) is 0 Å². The summed E-state index contributed by atoms with van der Waals surface area (Å²) in [4.78, 5) is 14.0. The van der Waals surface area contributed by atoms with Crippen LogP contribution in [0.5, 0.6) is 0 Å². The number of hydrogen-bond donors (Lipinski definition) is 3. The molecule has 2 atom stereocenters. The number of carbonyl (C=O) groups excluding carboxylic acids is 1. The van der Waals surface area contributed by atoms with Crippen molar-refractivity contribution in [2.45, 2.75) is 32.4 Å². The van der Waals surface area contributed by atoms with Crippen molar-refractivity contribution < 1.29 is 9.90 Å². The highest BCUT2D eigenvalue weighted by Gasteiger charge is 2.19. The normalized spacial score (nSPS) is 14.1. The van der Waals surface area contributed by atoms with Crippen molar-refractivity contribution in [2.75, 3.05) is 24.6 Å². The van der Waals surface area contributed by atoms with E-state index < -0.39 is 0 Å². The quantitative estimate of drug-likeness (QED) is 0.702. The Kier molecular flexibility index (Phi) is 6.26. The van der Waals surface area contributed by atoms with Crippen molar-refractivity contribution in [3.8, 4) is 0 Å². The van der Waals surface area contributed by atoms with Crippen LogP contribution < -0.4 is 11.1 Å². The Balaban J connectivity index is 2.61. The number of nitrogen functional groups attached to an aromatic ring is 1. The van der Waals surface area contributed by atoms with E-state index in [4.69, 9.17) is 17.3 Å². The number of nitrogens with one attached hydrogen (secondary N) is 1. The van der Waals surface area contributed by atoms with Gasteiger partial charge in [-0.05, 0) is 45.5 Å². The fourth-order valence-electron chi connectivity index (χ4n) is 1.65. The summed E-state index contributed by atoms with van der Waals surface area (Å²) in [5, 5.41) is 12.5. The van der Waals surface area contributed by atoms with E-state index in [0.717, 1.165) is 0 Å². The van der Waals surface area contributed by atoms with E-state index in [-0.39, 0.29) is 18.1 Å². The van der Waals surface area contributed by atoms with Gasteiger partial charge in [-0.1, -0.05) is 11.6 Å². The standard InChI is InChI=1S/C14H22ClN3O2/c1-9(19)6-7-18(3)10(2)14(20)17-13-5-4-11(16)8-12(13)15/h4-5,8-10,19H,6-7,16H2,1-3H3,(H,17,20). The molecule has 0 aliphatic heterocycles. The SMILES string of the molecule is CC(O)CCN(C)C(C)C(=O)Nc1ccc(N)cc1Cl. The van der Waals surface area contributed by atoms with E-state index in [2.05, 4.69) is 5.32 Å². The van der Waals surface area contributed by atoms with E-state index in [9.17, 15) is 9.90 Å². The molecule has 1 aromatic carbocycles.